The quantitative estimate of drug-likeness (QED) is 0.542. The van der Waals surface area contributed by atoms with Gasteiger partial charge in [-0.05, 0) is 19.8 Å². The van der Waals surface area contributed by atoms with Crippen LogP contribution in [-0.4, -0.2) is 12.2 Å². The molecular weight excluding hydrogens is 355 g/mol. The van der Waals surface area contributed by atoms with E-state index in [1.165, 1.54) is 12.1 Å². The van der Waals surface area contributed by atoms with Crippen molar-refractivity contribution >= 4 is 0 Å². The first kappa shape index (κ1) is 24.9. The molecule has 0 saturated carbocycles. The van der Waals surface area contributed by atoms with E-state index < -0.39 is 0 Å². The molecule has 1 N–H and O–H groups in total. The fraction of sp³-hybridized carbons (Fsp3) is 0.562. The number of hydrogen-bond acceptors (Lipinski definition) is 1. The molecule has 0 radical (unpaired) electrons. The van der Waals surface area contributed by atoms with Crippen LogP contribution in [0.3, 0.4) is 0 Å². The van der Waals surface area contributed by atoms with Gasteiger partial charge in [-0.25, -0.2) is 18.6 Å². The Hall–Kier alpha value is 0.902. The minimum Gasteiger partial charge on any atom is -0.705 e. The van der Waals surface area contributed by atoms with Gasteiger partial charge < -0.3 is 10.5 Å². The fourth-order valence-corrected chi connectivity index (χ4v) is 1.39. The zero-order valence-corrected chi connectivity index (χ0v) is 19.7. The molecule has 1 aliphatic heterocycles. The molecule has 2 nitrogen and oxygen atoms in total. The van der Waals surface area contributed by atoms with Crippen LogP contribution in [0.5, 0.6) is 0 Å². The van der Waals surface area contributed by atoms with Gasteiger partial charge in [0.2, 0.25) is 0 Å². The summed E-state index contributed by atoms with van der Waals surface area (Å²) in [6.45, 7) is 15.3. The van der Waals surface area contributed by atoms with E-state index in [-0.39, 0.29) is 75.0 Å². The summed E-state index contributed by atoms with van der Waals surface area (Å²) < 4.78 is 5.39. The molecule has 0 spiro atoms. The van der Waals surface area contributed by atoms with Gasteiger partial charge >= 0.3 is 68.9 Å². The van der Waals surface area contributed by atoms with Gasteiger partial charge in [0.25, 0.3) is 0 Å². The predicted octanol–water partition coefficient (Wildman–Crippen LogP) is 2.49. The molecule has 2 unspecified atom stereocenters. The Morgan fingerprint density at radius 1 is 1.32 bits per heavy atom. The first-order valence-electron chi connectivity index (χ1n) is 6.69. The zero-order chi connectivity index (χ0) is 14.4. The van der Waals surface area contributed by atoms with Crippen LogP contribution in [0.15, 0.2) is 37.6 Å². The predicted molar refractivity (Wildman–Crippen MR) is 82.3 cm³/mol. The molecule has 1 aliphatic rings. The van der Waals surface area contributed by atoms with Crippen molar-refractivity contribution in [2.45, 2.75) is 59.2 Å². The smallest absolute Gasteiger partial charge is 0.705 e. The average Bonchev–Trinajstić information content (AvgIpc) is 2.79. The largest absolute Gasteiger partial charge is 1.00 e. The van der Waals surface area contributed by atoms with Crippen molar-refractivity contribution in [2.75, 3.05) is 0 Å². The standard InChI is InChI=1S/C7H12NO.C7H11.C2H6.Cs/c1-6-2-3-7(9-6)4-5-8;1-4-6-7(3)5-2;1-2;/h4-8H,2-3H2,1H3;4-5H,1-2,6H2,3H3;1-2H3;/q2*-1;;+1/b5-4+;;;. The third-order valence-corrected chi connectivity index (χ3v) is 2.39. The molecule has 0 aromatic heterocycles. The van der Waals surface area contributed by atoms with E-state index in [1.807, 2.05) is 32.9 Å². The van der Waals surface area contributed by atoms with E-state index in [2.05, 4.69) is 20.1 Å². The SMILES string of the molecule is C=CC[C-](C)C=C.CC.CC1CCC(/C=C/[NH-])O1.[Cs+]. The van der Waals surface area contributed by atoms with Crippen molar-refractivity contribution in [3.63, 3.8) is 0 Å². The van der Waals surface area contributed by atoms with Gasteiger partial charge in [-0.2, -0.15) is 6.20 Å². The summed E-state index contributed by atoms with van der Waals surface area (Å²) in [5.74, 6) is 1.27. The molecule has 2 atom stereocenters. The number of nitrogens with one attached hydrogen (secondary N) is 1. The average molecular weight is 384 g/mol. The summed E-state index contributed by atoms with van der Waals surface area (Å²) in [7, 11) is 0. The third kappa shape index (κ3) is 16.8. The van der Waals surface area contributed by atoms with Crippen LogP contribution in [0.25, 0.3) is 5.73 Å². The maximum Gasteiger partial charge on any atom is 1.00 e. The second kappa shape index (κ2) is 18.9. The van der Waals surface area contributed by atoms with Crippen molar-refractivity contribution < 1.29 is 73.6 Å². The summed E-state index contributed by atoms with van der Waals surface area (Å²) in [6, 6.07) is 0. The van der Waals surface area contributed by atoms with E-state index in [0.29, 0.717) is 6.10 Å². The van der Waals surface area contributed by atoms with Crippen LogP contribution >= 0.6 is 0 Å². The minimum absolute atomic E-state index is 0. The molecule has 0 aliphatic carbocycles. The van der Waals surface area contributed by atoms with E-state index in [9.17, 15) is 0 Å². The normalized spacial score (nSPS) is 20.2. The second-order valence-electron chi connectivity index (χ2n) is 3.96. The number of rotatable bonds is 4. The Balaban J connectivity index is -0.000000233. The van der Waals surface area contributed by atoms with Crippen molar-refractivity contribution in [3.8, 4) is 0 Å². The number of hydrogen-bond donors (Lipinski definition) is 0. The molecule has 0 aromatic rings. The van der Waals surface area contributed by atoms with Crippen molar-refractivity contribution in [1.82, 2.24) is 0 Å². The first-order valence-corrected chi connectivity index (χ1v) is 6.69. The van der Waals surface area contributed by atoms with Crippen LogP contribution < -0.4 is 68.9 Å². The van der Waals surface area contributed by atoms with E-state index >= 15 is 0 Å². The molecule has 3 heteroatoms. The Morgan fingerprint density at radius 3 is 2.16 bits per heavy atom. The molecule has 1 heterocycles. The summed E-state index contributed by atoms with van der Waals surface area (Å²) in [5, 5.41) is 0. The van der Waals surface area contributed by atoms with E-state index in [1.54, 1.807) is 6.08 Å². The van der Waals surface area contributed by atoms with Gasteiger partial charge in [0.05, 0.1) is 12.2 Å². The van der Waals surface area contributed by atoms with Gasteiger partial charge in [-0.1, -0.05) is 26.3 Å². The van der Waals surface area contributed by atoms with Gasteiger partial charge in [0, 0.05) is 0 Å². The maximum atomic E-state index is 6.77. The molecule has 106 valence electrons. The summed E-state index contributed by atoms with van der Waals surface area (Å²) >= 11 is 0. The van der Waals surface area contributed by atoms with E-state index in [4.69, 9.17) is 10.5 Å². The Kier molecular flexibility index (Phi) is 24.8. The Labute approximate surface area is 179 Å². The van der Waals surface area contributed by atoms with Crippen LogP contribution in [0.4, 0.5) is 0 Å². The zero-order valence-electron chi connectivity index (χ0n) is 13.4. The van der Waals surface area contributed by atoms with Crippen molar-refractivity contribution in [1.29, 1.82) is 0 Å². The van der Waals surface area contributed by atoms with Crippen LogP contribution in [-0.2, 0) is 4.74 Å². The van der Waals surface area contributed by atoms with Crippen LogP contribution in [0.1, 0.15) is 47.0 Å². The molecular formula is C16H29CsNO-. The first-order chi connectivity index (χ1) is 8.63. The third-order valence-electron chi connectivity index (χ3n) is 2.39. The van der Waals surface area contributed by atoms with E-state index in [0.717, 1.165) is 19.3 Å². The monoisotopic (exact) mass is 384 g/mol. The molecule has 0 bridgehead atoms. The molecule has 0 amide bonds. The fourth-order valence-electron chi connectivity index (χ4n) is 1.39. The van der Waals surface area contributed by atoms with Crippen molar-refractivity contribution in [3.05, 3.63) is 49.2 Å². The Bertz CT molecular complexity index is 229. The number of ether oxygens (including phenoxy) is 1. The molecule has 19 heavy (non-hydrogen) atoms. The van der Waals surface area contributed by atoms with Gasteiger partial charge in [-0.15, -0.1) is 19.6 Å². The molecule has 1 rings (SSSR count). The van der Waals surface area contributed by atoms with Crippen LogP contribution in [0.2, 0.25) is 0 Å². The van der Waals surface area contributed by atoms with Gasteiger partial charge in [0.1, 0.15) is 0 Å². The summed E-state index contributed by atoms with van der Waals surface area (Å²) in [6.07, 6.45) is 10.6. The maximum absolute atomic E-state index is 6.77. The number of allylic oxidation sites excluding steroid dienone is 2. The molecule has 1 saturated heterocycles. The van der Waals surface area contributed by atoms with Crippen LogP contribution in [0, 0.1) is 5.92 Å². The molecule has 1 fully saturated rings. The van der Waals surface area contributed by atoms with Gasteiger partial charge in [-0.3, -0.25) is 0 Å². The molecule has 0 aromatic carbocycles. The summed E-state index contributed by atoms with van der Waals surface area (Å²) in [4.78, 5) is 0. The minimum atomic E-state index is 0. The van der Waals surface area contributed by atoms with Crippen molar-refractivity contribution in [2.24, 2.45) is 0 Å². The Morgan fingerprint density at radius 2 is 1.89 bits per heavy atom. The topological polar surface area (TPSA) is 33.0 Å². The van der Waals surface area contributed by atoms with Gasteiger partial charge in [0.15, 0.2) is 0 Å². The second-order valence-corrected chi connectivity index (χ2v) is 3.96. The summed E-state index contributed by atoms with van der Waals surface area (Å²) in [5.41, 5.74) is 6.77.